The van der Waals surface area contributed by atoms with Gasteiger partial charge in [0.05, 0.1) is 18.8 Å². The van der Waals surface area contributed by atoms with Crippen LogP contribution in [-0.2, 0) is 4.79 Å². The van der Waals surface area contributed by atoms with E-state index in [1.165, 1.54) is 10.9 Å². The van der Waals surface area contributed by atoms with E-state index in [2.05, 4.69) is 15.4 Å². The SMILES string of the molecule is COc1ccc(OC(C)C(=O)Nc2c(C#N)cnn2-c2ccc3ccccc3n2)cc1. The average molecular weight is 413 g/mol. The molecular weight excluding hydrogens is 394 g/mol. The molecule has 0 aliphatic carbocycles. The molecular formula is C23H19N5O3. The van der Waals surface area contributed by atoms with E-state index >= 15 is 0 Å². The molecule has 8 nitrogen and oxygen atoms in total. The smallest absolute Gasteiger partial charge is 0.266 e. The van der Waals surface area contributed by atoms with Gasteiger partial charge < -0.3 is 14.8 Å². The molecule has 0 saturated carbocycles. The van der Waals surface area contributed by atoms with Crippen LogP contribution in [0.1, 0.15) is 12.5 Å². The summed E-state index contributed by atoms with van der Waals surface area (Å²) >= 11 is 0. The number of ether oxygens (including phenoxy) is 2. The Morgan fingerprint density at radius 3 is 2.58 bits per heavy atom. The first-order valence-corrected chi connectivity index (χ1v) is 9.55. The van der Waals surface area contributed by atoms with Crippen molar-refractivity contribution >= 4 is 22.6 Å². The number of aromatic nitrogens is 3. The van der Waals surface area contributed by atoms with Gasteiger partial charge >= 0.3 is 0 Å². The number of rotatable bonds is 6. The van der Waals surface area contributed by atoms with Crippen LogP contribution in [0.5, 0.6) is 11.5 Å². The third-order valence-corrected chi connectivity index (χ3v) is 4.67. The fraction of sp³-hybridized carbons (Fsp3) is 0.130. The maximum atomic E-state index is 12.8. The van der Waals surface area contributed by atoms with E-state index in [9.17, 15) is 10.1 Å². The molecule has 4 aromatic rings. The van der Waals surface area contributed by atoms with Crippen molar-refractivity contribution in [2.24, 2.45) is 0 Å². The molecule has 2 aromatic heterocycles. The van der Waals surface area contributed by atoms with Gasteiger partial charge in [-0.3, -0.25) is 4.79 Å². The second kappa shape index (κ2) is 8.55. The lowest BCUT2D eigenvalue weighted by Crippen LogP contribution is -2.31. The van der Waals surface area contributed by atoms with Gasteiger partial charge in [-0.1, -0.05) is 18.2 Å². The Kier molecular flexibility index (Phi) is 5.49. The molecule has 8 heteroatoms. The number of anilines is 1. The van der Waals surface area contributed by atoms with Gasteiger partial charge in [0.2, 0.25) is 0 Å². The largest absolute Gasteiger partial charge is 0.497 e. The Bertz CT molecular complexity index is 1270. The highest BCUT2D eigenvalue weighted by molar-refractivity contribution is 5.94. The Morgan fingerprint density at radius 2 is 1.84 bits per heavy atom. The molecule has 0 bridgehead atoms. The Hall–Kier alpha value is -4.38. The van der Waals surface area contributed by atoms with Crippen molar-refractivity contribution in [2.75, 3.05) is 12.4 Å². The summed E-state index contributed by atoms with van der Waals surface area (Å²) in [6.45, 7) is 1.63. The van der Waals surface area contributed by atoms with E-state index in [1.807, 2.05) is 36.4 Å². The van der Waals surface area contributed by atoms with Gasteiger partial charge in [-0.2, -0.15) is 15.0 Å². The van der Waals surface area contributed by atoms with Crippen molar-refractivity contribution in [2.45, 2.75) is 13.0 Å². The molecule has 2 aromatic carbocycles. The summed E-state index contributed by atoms with van der Waals surface area (Å²) in [6.07, 6.45) is 0.578. The number of hydrogen-bond donors (Lipinski definition) is 1. The lowest BCUT2D eigenvalue weighted by molar-refractivity contribution is -0.122. The lowest BCUT2D eigenvalue weighted by atomic mass is 10.2. The molecule has 31 heavy (non-hydrogen) atoms. The van der Waals surface area contributed by atoms with Crippen molar-refractivity contribution in [3.63, 3.8) is 0 Å². The first-order valence-electron chi connectivity index (χ1n) is 9.55. The van der Waals surface area contributed by atoms with E-state index in [1.54, 1.807) is 44.4 Å². The lowest BCUT2D eigenvalue weighted by Gasteiger charge is -2.16. The Balaban J connectivity index is 1.57. The Morgan fingerprint density at radius 1 is 1.10 bits per heavy atom. The maximum Gasteiger partial charge on any atom is 0.266 e. The molecule has 0 radical (unpaired) electrons. The Labute approximate surface area is 178 Å². The van der Waals surface area contributed by atoms with E-state index in [-0.39, 0.29) is 11.4 Å². The van der Waals surface area contributed by atoms with Crippen LogP contribution < -0.4 is 14.8 Å². The molecule has 0 fully saturated rings. The average Bonchev–Trinajstić information content (AvgIpc) is 3.21. The van der Waals surface area contributed by atoms with Crippen LogP contribution in [0.15, 0.2) is 66.9 Å². The molecule has 0 aliphatic heterocycles. The van der Waals surface area contributed by atoms with Crippen LogP contribution >= 0.6 is 0 Å². The molecule has 1 unspecified atom stereocenters. The van der Waals surface area contributed by atoms with E-state index in [4.69, 9.17) is 9.47 Å². The molecule has 0 aliphatic rings. The minimum absolute atomic E-state index is 0.222. The molecule has 1 N–H and O–H groups in total. The number of amides is 1. The molecule has 1 atom stereocenters. The van der Waals surface area contributed by atoms with Gasteiger partial charge in [-0.05, 0) is 49.4 Å². The summed E-state index contributed by atoms with van der Waals surface area (Å²) in [7, 11) is 1.58. The van der Waals surface area contributed by atoms with Gasteiger partial charge in [0.25, 0.3) is 5.91 Å². The van der Waals surface area contributed by atoms with Crippen LogP contribution in [0.2, 0.25) is 0 Å². The predicted molar refractivity (Wildman–Crippen MR) is 115 cm³/mol. The van der Waals surface area contributed by atoms with Gasteiger partial charge in [0.1, 0.15) is 23.1 Å². The molecule has 4 rings (SSSR count). The zero-order chi connectivity index (χ0) is 21.8. The van der Waals surface area contributed by atoms with Crippen LogP contribution in [0, 0.1) is 11.3 Å². The summed E-state index contributed by atoms with van der Waals surface area (Å²) in [5.41, 5.74) is 1.00. The number of carbonyl (C=O) groups excluding carboxylic acids is 1. The molecule has 0 spiro atoms. The van der Waals surface area contributed by atoms with Crippen molar-refractivity contribution in [1.29, 1.82) is 5.26 Å². The number of nitriles is 1. The quantitative estimate of drug-likeness (QED) is 0.517. The van der Waals surface area contributed by atoms with Crippen LogP contribution in [0.25, 0.3) is 16.7 Å². The minimum atomic E-state index is -0.812. The summed E-state index contributed by atoms with van der Waals surface area (Å²) in [5.74, 6) is 1.51. The van der Waals surface area contributed by atoms with E-state index in [0.29, 0.717) is 17.3 Å². The van der Waals surface area contributed by atoms with Crippen molar-refractivity contribution < 1.29 is 14.3 Å². The minimum Gasteiger partial charge on any atom is -0.497 e. The molecule has 154 valence electrons. The van der Waals surface area contributed by atoms with E-state index in [0.717, 1.165) is 10.9 Å². The second-order valence-electron chi connectivity index (χ2n) is 6.72. The molecule has 0 saturated heterocycles. The first-order chi connectivity index (χ1) is 15.1. The zero-order valence-electron chi connectivity index (χ0n) is 16.9. The summed E-state index contributed by atoms with van der Waals surface area (Å²) in [6, 6.07) is 20.3. The van der Waals surface area contributed by atoms with Crippen molar-refractivity contribution in [3.8, 4) is 23.4 Å². The van der Waals surface area contributed by atoms with Crippen LogP contribution in [0.3, 0.4) is 0 Å². The standard InChI is InChI=1S/C23H19N5O3/c1-15(31-19-10-8-18(30-2)9-11-19)23(29)27-22-17(13-24)14-25-28(22)21-12-7-16-5-3-4-6-20(16)26-21/h3-12,14-15H,1-2H3,(H,27,29). The van der Waals surface area contributed by atoms with Crippen LogP contribution in [-0.4, -0.2) is 33.9 Å². The third-order valence-electron chi connectivity index (χ3n) is 4.67. The number of hydrogen-bond acceptors (Lipinski definition) is 6. The number of benzene rings is 2. The number of carbonyl (C=O) groups is 1. The number of para-hydroxylation sites is 1. The normalized spacial score (nSPS) is 11.5. The summed E-state index contributed by atoms with van der Waals surface area (Å²) in [4.78, 5) is 17.4. The van der Waals surface area contributed by atoms with Gasteiger partial charge in [0.15, 0.2) is 17.7 Å². The summed E-state index contributed by atoms with van der Waals surface area (Å²) < 4.78 is 12.3. The van der Waals surface area contributed by atoms with E-state index < -0.39 is 12.0 Å². The van der Waals surface area contributed by atoms with Gasteiger partial charge in [0, 0.05) is 5.39 Å². The monoisotopic (exact) mass is 413 g/mol. The fourth-order valence-electron chi connectivity index (χ4n) is 3.03. The zero-order valence-corrected chi connectivity index (χ0v) is 16.9. The van der Waals surface area contributed by atoms with Crippen molar-refractivity contribution in [3.05, 3.63) is 72.4 Å². The molecule has 1 amide bonds. The number of methoxy groups -OCH3 is 1. The topological polar surface area (TPSA) is 102 Å². The van der Waals surface area contributed by atoms with Crippen molar-refractivity contribution in [1.82, 2.24) is 14.8 Å². The number of nitrogens with one attached hydrogen (secondary N) is 1. The first kappa shape index (κ1) is 19.9. The fourth-order valence-corrected chi connectivity index (χ4v) is 3.03. The van der Waals surface area contributed by atoms with Crippen LogP contribution in [0.4, 0.5) is 5.82 Å². The molecule has 2 heterocycles. The number of nitrogens with zero attached hydrogens (tertiary/aromatic N) is 4. The van der Waals surface area contributed by atoms with Gasteiger partial charge in [-0.25, -0.2) is 4.98 Å². The maximum absolute atomic E-state index is 12.8. The third kappa shape index (κ3) is 4.16. The summed E-state index contributed by atoms with van der Waals surface area (Å²) in [5, 5.41) is 17.4. The highest BCUT2D eigenvalue weighted by atomic mass is 16.5. The number of pyridine rings is 1. The highest BCUT2D eigenvalue weighted by Crippen LogP contribution is 2.22. The predicted octanol–water partition coefficient (Wildman–Crippen LogP) is 3.71. The van der Waals surface area contributed by atoms with Gasteiger partial charge in [-0.15, -0.1) is 0 Å². The number of fused-ring (bicyclic) bond motifs is 1. The highest BCUT2D eigenvalue weighted by Gasteiger charge is 2.21. The second-order valence-corrected chi connectivity index (χ2v) is 6.72.